The minimum Gasteiger partial charge on any atom is -0.354 e. The van der Waals surface area contributed by atoms with Crippen molar-refractivity contribution in [3.05, 3.63) is 40.7 Å². The average molecular weight is 346 g/mol. The fraction of sp³-hybridized carbons (Fsp3) is 0.231. The summed E-state index contributed by atoms with van der Waals surface area (Å²) in [5.74, 6) is -0.593. The van der Waals surface area contributed by atoms with Gasteiger partial charge in [0.15, 0.2) is 0 Å². The van der Waals surface area contributed by atoms with Gasteiger partial charge < -0.3 is 5.32 Å². The van der Waals surface area contributed by atoms with Crippen LogP contribution in [-0.4, -0.2) is 27.4 Å². The van der Waals surface area contributed by atoms with E-state index in [1.807, 2.05) is 6.92 Å². The highest BCUT2D eigenvalue weighted by atomic mass is 35.5. The van der Waals surface area contributed by atoms with Crippen LogP contribution in [0.4, 0.5) is 25.1 Å². The van der Waals surface area contributed by atoms with E-state index in [0.717, 1.165) is 24.3 Å². The number of nitrogens with zero attached hydrogens (tertiary/aromatic N) is 3. The Bertz CT molecular complexity index is 706. The first kappa shape index (κ1) is 16.9. The van der Waals surface area contributed by atoms with Crippen LogP contribution in [0.1, 0.15) is 22.8 Å². The smallest absolute Gasteiger partial charge is 0.354 e. The van der Waals surface area contributed by atoms with E-state index < -0.39 is 17.6 Å². The fourth-order valence-corrected chi connectivity index (χ4v) is 1.79. The van der Waals surface area contributed by atoms with Crippen molar-refractivity contribution in [1.82, 2.24) is 15.0 Å². The summed E-state index contributed by atoms with van der Waals surface area (Å²) in [5.41, 5.74) is -0.814. The predicted molar refractivity (Wildman–Crippen MR) is 78.4 cm³/mol. The van der Waals surface area contributed by atoms with Gasteiger partial charge in [-0.3, -0.25) is 10.1 Å². The van der Waals surface area contributed by atoms with E-state index in [-0.39, 0.29) is 22.7 Å². The number of aromatic nitrogens is 3. The van der Waals surface area contributed by atoms with Crippen molar-refractivity contribution < 1.29 is 18.0 Å². The van der Waals surface area contributed by atoms with Crippen LogP contribution in [-0.2, 0) is 6.18 Å². The summed E-state index contributed by atoms with van der Waals surface area (Å²) < 4.78 is 37.4. The molecule has 0 atom stereocenters. The van der Waals surface area contributed by atoms with Gasteiger partial charge in [-0.25, -0.2) is 0 Å². The van der Waals surface area contributed by atoms with Crippen LogP contribution in [0.5, 0.6) is 0 Å². The molecule has 10 heteroatoms. The predicted octanol–water partition coefficient (Wildman–Crippen LogP) is 3.23. The van der Waals surface area contributed by atoms with Gasteiger partial charge in [-0.2, -0.15) is 28.1 Å². The normalized spacial score (nSPS) is 11.2. The summed E-state index contributed by atoms with van der Waals surface area (Å²) in [6.45, 7) is 2.35. The first-order valence-electron chi connectivity index (χ1n) is 6.43. The van der Waals surface area contributed by atoms with E-state index in [9.17, 15) is 18.0 Å². The highest BCUT2D eigenvalue weighted by molar-refractivity contribution is 6.28. The van der Waals surface area contributed by atoms with Crippen LogP contribution >= 0.6 is 11.6 Å². The third-order valence-corrected chi connectivity index (χ3v) is 2.81. The van der Waals surface area contributed by atoms with Crippen LogP contribution in [0.3, 0.4) is 0 Å². The van der Waals surface area contributed by atoms with E-state index >= 15 is 0 Å². The van der Waals surface area contributed by atoms with Gasteiger partial charge in [0, 0.05) is 12.1 Å². The zero-order valence-corrected chi connectivity index (χ0v) is 12.5. The molecule has 2 rings (SSSR count). The van der Waals surface area contributed by atoms with Crippen molar-refractivity contribution in [3.8, 4) is 0 Å². The molecule has 23 heavy (non-hydrogen) atoms. The van der Waals surface area contributed by atoms with E-state index in [1.54, 1.807) is 0 Å². The summed E-state index contributed by atoms with van der Waals surface area (Å²) in [7, 11) is 0. The molecule has 0 unspecified atom stereocenters. The lowest BCUT2D eigenvalue weighted by atomic mass is 10.1. The lowest BCUT2D eigenvalue weighted by Crippen LogP contribution is -2.16. The van der Waals surface area contributed by atoms with Gasteiger partial charge >= 0.3 is 6.18 Å². The summed E-state index contributed by atoms with van der Waals surface area (Å²) in [4.78, 5) is 23.4. The zero-order valence-electron chi connectivity index (χ0n) is 11.8. The molecule has 6 nitrogen and oxygen atoms in total. The van der Waals surface area contributed by atoms with Gasteiger partial charge in [-0.1, -0.05) is 0 Å². The van der Waals surface area contributed by atoms with Crippen molar-refractivity contribution >= 4 is 29.4 Å². The number of nitrogens with one attached hydrogen (secondary N) is 2. The summed E-state index contributed by atoms with van der Waals surface area (Å²) in [6, 6.07) is 3.76. The minimum absolute atomic E-state index is 0.0273. The molecule has 1 aromatic carbocycles. The molecule has 1 amide bonds. The number of carbonyl (C=O) groups is 1. The molecular formula is C13H11ClF3N5O. The molecule has 1 aromatic heterocycles. The topological polar surface area (TPSA) is 79.8 Å². The van der Waals surface area contributed by atoms with Gasteiger partial charge in [0.2, 0.25) is 17.2 Å². The number of rotatable bonds is 4. The maximum atomic E-state index is 12.5. The minimum atomic E-state index is -4.46. The van der Waals surface area contributed by atoms with Gasteiger partial charge in [-0.05, 0) is 42.8 Å². The summed E-state index contributed by atoms with van der Waals surface area (Å²) in [5, 5.41) is 5.03. The van der Waals surface area contributed by atoms with E-state index in [2.05, 4.69) is 25.6 Å². The van der Waals surface area contributed by atoms with Gasteiger partial charge in [0.1, 0.15) is 0 Å². The fourth-order valence-electron chi connectivity index (χ4n) is 1.63. The number of hydrogen-bond donors (Lipinski definition) is 2. The average Bonchev–Trinajstić information content (AvgIpc) is 2.46. The van der Waals surface area contributed by atoms with E-state index in [4.69, 9.17) is 11.6 Å². The standard InChI is InChI=1S/C13H11ClF3N5O/c1-2-18-11-20-10(14)21-12(22-11)19-9(23)7-3-5-8(6-4-7)13(15,16)17/h3-6H,2H2,1H3,(H2,18,19,20,21,22,23). The summed E-state index contributed by atoms with van der Waals surface area (Å²) >= 11 is 5.71. The van der Waals surface area contributed by atoms with Gasteiger partial charge in [-0.15, -0.1) is 0 Å². The molecular weight excluding hydrogens is 335 g/mol. The molecule has 0 radical (unpaired) electrons. The maximum Gasteiger partial charge on any atom is 0.416 e. The Morgan fingerprint density at radius 2 is 1.74 bits per heavy atom. The number of amides is 1. The molecule has 0 fully saturated rings. The second-order valence-corrected chi connectivity index (χ2v) is 4.65. The molecule has 122 valence electrons. The lowest BCUT2D eigenvalue weighted by Gasteiger charge is -2.08. The number of hydrogen-bond acceptors (Lipinski definition) is 5. The largest absolute Gasteiger partial charge is 0.416 e. The molecule has 0 saturated carbocycles. The number of halogens is 4. The quantitative estimate of drug-likeness (QED) is 0.889. The number of anilines is 2. The Morgan fingerprint density at radius 1 is 1.13 bits per heavy atom. The Morgan fingerprint density at radius 3 is 2.30 bits per heavy atom. The highest BCUT2D eigenvalue weighted by Gasteiger charge is 2.30. The molecule has 0 aliphatic heterocycles. The van der Waals surface area contributed by atoms with Gasteiger partial charge in [0.05, 0.1) is 5.56 Å². The number of alkyl halides is 3. The van der Waals surface area contributed by atoms with Crippen LogP contribution < -0.4 is 10.6 Å². The highest BCUT2D eigenvalue weighted by Crippen LogP contribution is 2.29. The first-order chi connectivity index (χ1) is 10.8. The Balaban J connectivity index is 2.16. The Hall–Kier alpha value is -2.42. The van der Waals surface area contributed by atoms with E-state index in [1.165, 1.54) is 0 Å². The lowest BCUT2D eigenvalue weighted by molar-refractivity contribution is -0.137. The number of carbonyl (C=O) groups excluding carboxylic acids is 1. The molecule has 2 N–H and O–H groups in total. The van der Waals surface area contributed by atoms with Gasteiger partial charge in [0.25, 0.3) is 5.91 Å². The van der Waals surface area contributed by atoms with Crippen LogP contribution in [0.25, 0.3) is 0 Å². The van der Waals surface area contributed by atoms with Crippen LogP contribution in [0.15, 0.2) is 24.3 Å². The Labute approximate surface area is 134 Å². The maximum absolute atomic E-state index is 12.5. The monoisotopic (exact) mass is 345 g/mol. The third-order valence-electron chi connectivity index (χ3n) is 2.64. The summed E-state index contributed by atoms with van der Waals surface area (Å²) in [6.07, 6.45) is -4.46. The Kier molecular flexibility index (Phi) is 4.99. The van der Waals surface area contributed by atoms with Crippen molar-refractivity contribution in [3.63, 3.8) is 0 Å². The molecule has 0 saturated heterocycles. The molecule has 0 aliphatic rings. The van der Waals surface area contributed by atoms with E-state index in [0.29, 0.717) is 6.54 Å². The SMILES string of the molecule is CCNc1nc(Cl)nc(NC(=O)c2ccc(C(F)(F)F)cc2)n1. The van der Waals surface area contributed by atoms with Crippen LogP contribution in [0.2, 0.25) is 5.28 Å². The molecule has 0 spiro atoms. The molecule has 1 heterocycles. The third kappa shape index (κ3) is 4.52. The zero-order chi connectivity index (χ0) is 17.0. The van der Waals surface area contributed by atoms with Crippen molar-refractivity contribution in [2.24, 2.45) is 0 Å². The molecule has 0 bridgehead atoms. The second kappa shape index (κ2) is 6.78. The first-order valence-corrected chi connectivity index (χ1v) is 6.81. The van der Waals surface area contributed by atoms with Crippen molar-refractivity contribution in [2.75, 3.05) is 17.2 Å². The molecule has 2 aromatic rings. The van der Waals surface area contributed by atoms with Crippen molar-refractivity contribution in [1.29, 1.82) is 0 Å². The van der Waals surface area contributed by atoms with Crippen molar-refractivity contribution in [2.45, 2.75) is 13.1 Å². The second-order valence-electron chi connectivity index (χ2n) is 4.31. The van der Waals surface area contributed by atoms with Crippen LogP contribution in [0, 0.1) is 0 Å². The molecule has 0 aliphatic carbocycles. The number of benzene rings is 1.